The first kappa shape index (κ1) is 16.0. The fourth-order valence-corrected chi connectivity index (χ4v) is 4.68. The Morgan fingerprint density at radius 3 is 2.81 bits per heavy atom. The lowest BCUT2D eigenvalue weighted by molar-refractivity contribution is -0.123. The molecule has 1 unspecified atom stereocenters. The molecule has 2 heterocycles. The van der Waals surface area contributed by atoms with Gasteiger partial charge in [-0.3, -0.25) is 9.69 Å². The normalized spacial score (nSPS) is 24.3. The molecule has 6 nitrogen and oxygen atoms in total. The molecule has 118 valence electrons. The molecule has 1 aromatic heterocycles. The van der Waals surface area contributed by atoms with Gasteiger partial charge in [0.25, 0.3) is 0 Å². The van der Waals surface area contributed by atoms with Crippen molar-refractivity contribution >= 4 is 15.7 Å². The van der Waals surface area contributed by atoms with Gasteiger partial charge in [-0.2, -0.15) is 0 Å². The van der Waals surface area contributed by atoms with Crippen LogP contribution in [0.1, 0.15) is 26.0 Å². The first-order valence-corrected chi connectivity index (χ1v) is 8.90. The Morgan fingerprint density at radius 1 is 1.52 bits per heavy atom. The summed E-state index contributed by atoms with van der Waals surface area (Å²) in [6.07, 6.45) is 2.08. The summed E-state index contributed by atoms with van der Waals surface area (Å²) >= 11 is 0. The van der Waals surface area contributed by atoms with Crippen LogP contribution in [0, 0.1) is 0 Å². The third-order valence-electron chi connectivity index (χ3n) is 3.72. The number of amides is 1. The zero-order valence-corrected chi connectivity index (χ0v) is 13.3. The van der Waals surface area contributed by atoms with E-state index in [4.69, 9.17) is 4.42 Å². The molecule has 0 bridgehead atoms. The highest BCUT2D eigenvalue weighted by molar-refractivity contribution is 7.91. The molecule has 0 saturated carbocycles. The zero-order chi connectivity index (χ0) is 15.5. The van der Waals surface area contributed by atoms with Gasteiger partial charge in [-0.15, -0.1) is 0 Å². The molecule has 0 spiro atoms. The summed E-state index contributed by atoms with van der Waals surface area (Å²) in [5, 5.41) is 2.86. The van der Waals surface area contributed by atoms with Crippen LogP contribution >= 0.6 is 0 Å². The number of carbonyl (C=O) groups is 1. The Balaban J connectivity index is 1.88. The molecule has 1 saturated heterocycles. The van der Waals surface area contributed by atoms with Crippen molar-refractivity contribution < 1.29 is 17.6 Å². The van der Waals surface area contributed by atoms with Crippen LogP contribution in [0.25, 0.3) is 0 Å². The van der Waals surface area contributed by atoms with E-state index in [-0.39, 0.29) is 24.0 Å². The number of likely N-dealkylation sites (N-methyl/N-ethyl adjacent to an activating group) is 1. The number of hydrogen-bond acceptors (Lipinski definition) is 5. The van der Waals surface area contributed by atoms with Gasteiger partial charge in [-0.1, -0.05) is 6.92 Å². The van der Waals surface area contributed by atoms with E-state index in [9.17, 15) is 13.2 Å². The van der Waals surface area contributed by atoms with Crippen LogP contribution in [-0.2, 0) is 21.2 Å². The van der Waals surface area contributed by atoms with Gasteiger partial charge in [0.05, 0.1) is 36.4 Å². The maximum Gasteiger partial charge on any atom is 0.234 e. The van der Waals surface area contributed by atoms with Crippen molar-refractivity contribution in [3.05, 3.63) is 24.2 Å². The number of hydrogen-bond donors (Lipinski definition) is 1. The van der Waals surface area contributed by atoms with Crippen molar-refractivity contribution in [3.63, 3.8) is 0 Å². The molecule has 1 aliphatic rings. The third-order valence-corrected chi connectivity index (χ3v) is 5.62. The average Bonchev–Trinajstić information content (AvgIpc) is 2.96. The molecule has 21 heavy (non-hydrogen) atoms. The van der Waals surface area contributed by atoms with Crippen LogP contribution in [0.2, 0.25) is 0 Å². The van der Waals surface area contributed by atoms with Gasteiger partial charge in [0, 0.05) is 0 Å². The lowest BCUT2D eigenvalue weighted by atomic mass is 10.0. The van der Waals surface area contributed by atoms with Crippen molar-refractivity contribution in [1.29, 1.82) is 0 Å². The van der Waals surface area contributed by atoms with Crippen molar-refractivity contribution in [3.8, 4) is 0 Å². The number of carbonyl (C=O) groups excluding carboxylic acids is 1. The van der Waals surface area contributed by atoms with Crippen molar-refractivity contribution in [2.24, 2.45) is 0 Å². The Bertz CT molecular complexity index is 582. The minimum absolute atomic E-state index is 0.0239. The van der Waals surface area contributed by atoms with E-state index in [2.05, 4.69) is 5.32 Å². The van der Waals surface area contributed by atoms with Gasteiger partial charge in [0.2, 0.25) is 5.91 Å². The smallest absolute Gasteiger partial charge is 0.234 e. The Labute approximate surface area is 125 Å². The maximum absolute atomic E-state index is 12.1. The van der Waals surface area contributed by atoms with Crippen LogP contribution in [-0.4, -0.2) is 49.4 Å². The van der Waals surface area contributed by atoms with Gasteiger partial charge in [-0.25, -0.2) is 8.42 Å². The van der Waals surface area contributed by atoms with Gasteiger partial charge in [0.15, 0.2) is 9.84 Å². The van der Waals surface area contributed by atoms with E-state index in [0.29, 0.717) is 19.5 Å². The van der Waals surface area contributed by atoms with Crippen LogP contribution in [0.15, 0.2) is 22.8 Å². The van der Waals surface area contributed by atoms with Crippen molar-refractivity contribution in [1.82, 2.24) is 10.2 Å². The van der Waals surface area contributed by atoms with Crippen molar-refractivity contribution in [2.75, 3.05) is 24.6 Å². The first-order chi connectivity index (χ1) is 9.82. The first-order valence-electron chi connectivity index (χ1n) is 7.08. The lowest BCUT2D eigenvalue weighted by Crippen LogP contribution is -2.50. The van der Waals surface area contributed by atoms with Gasteiger partial charge >= 0.3 is 0 Å². The van der Waals surface area contributed by atoms with Crippen molar-refractivity contribution in [2.45, 2.75) is 32.4 Å². The highest BCUT2D eigenvalue weighted by Gasteiger charge is 2.39. The maximum atomic E-state index is 12.1. The monoisotopic (exact) mass is 314 g/mol. The van der Waals surface area contributed by atoms with E-state index >= 15 is 0 Å². The molecule has 1 N–H and O–H groups in total. The standard InChI is InChI=1S/C14H22N2O4S/c1-3-16(9-12-5-4-7-20-12)10-13(17)15-14(2)6-8-21(18,19)11-14/h4-5,7H,3,6,8-11H2,1-2H3,(H,15,17). The fraction of sp³-hybridized carbons (Fsp3) is 0.643. The average molecular weight is 314 g/mol. The Kier molecular flexibility index (Phi) is 4.73. The molecule has 2 rings (SSSR count). The lowest BCUT2D eigenvalue weighted by Gasteiger charge is -2.26. The van der Waals surface area contributed by atoms with E-state index in [0.717, 1.165) is 5.76 Å². The quantitative estimate of drug-likeness (QED) is 0.840. The molecule has 1 amide bonds. The van der Waals surface area contributed by atoms with Crippen LogP contribution in [0.5, 0.6) is 0 Å². The second kappa shape index (κ2) is 6.19. The van der Waals surface area contributed by atoms with Crippen LogP contribution < -0.4 is 5.32 Å². The van der Waals surface area contributed by atoms with Crippen LogP contribution in [0.4, 0.5) is 0 Å². The molecular weight excluding hydrogens is 292 g/mol. The molecule has 0 aromatic carbocycles. The highest BCUT2D eigenvalue weighted by Crippen LogP contribution is 2.22. The predicted molar refractivity (Wildman–Crippen MR) is 79.5 cm³/mol. The summed E-state index contributed by atoms with van der Waals surface area (Å²) in [4.78, 5) is 14.1. The van der Waals surface area contributed by atoms with Crippen LogP contribution in [0.3, 0.4) is 0 Å². The van der Waals surface area contributed by atoms with E-state index in [1.807, 2.05) is 24.0 Å². The molecule has 1 aliphatic heterocycles. The minimum Gasteiger partial charge on any atom is -0.468 e. The number of sulfone groups is 1. The fourth-order valence-electron chi connectivity index (χ4n) is 2.59. The molecule has 1 atom stereocenters. The van der Waals surface area contributed by atoms with E-state index in [1.54, 1.807) is 13.2 Å². The van der Waals surface area contributed by atoms with Gasteiger partial charge in [0.1, 0.15) is 5.76 Å². The molecular formula is C14H22N2O4S. The summed E-state index contributed by atoms with van der Waals surface area (Å²) in [6, 6.07) is 3.68. The largest absolute Gasteiger partial charge is 0.468 e. The predicted octanol–water partition coefficient (Wildman–Crippen LogP) is 0.795. The highest BCUT2D eigenvalue weighted by atomic mass is 32.2. The number of nitrogens with one attached hydrogen (secondary N) is 1. The Morgan fingerprint density at radius 2 is 2.29 bits per heavy atom. The van der Waals surface area contributed by atoms with Gasteiger partial charge < -0.3 is 9.73 Å². The van der Waals surface area contributed by atoms with E-state index in [1.165, 1.54) is 0 Å². The van der Waals surface area contributed by atoms with Gasteiger partial charge in [-0.05, 0) is 32.0 Å². The Hall–Kier alpha value is -1.34. The summed E-state index contributed by atoms with van der Waals surface area (Å²) in [5.74, 6) is 0.825. The zero-order valence-electron chi connectivity index (χ0n) is 12.5. The number of rotatable bonds is 6. The summed E-state index contributed by atoms with van der Waals surface area (Å²) in [7, 11) is -3.02. The second-order valence-corrected chi connectivity index (χ2v) is 8.02. The topological polar surface area (TPSA) is 79.6 Å². The third kappa shape index (κ3) is 4.57. The number of nitrogens with zero attached hydrogens (tertiary/aromatic N) is 1. The summed E-state index contributed by atoms with van der Waals surface area (Å²) in [5.41, 5.74) is -0.639. The molecule has 0 radical (unpaired) electrons. The number of furan rings is 1. The molecule has 1 fully saturated rings. The summed E-state index contributed by atoms with van der Waals surface area (Å²) in [6.45, 7) is 5.26. The molecule has 7 heteroatoms. The summed E-state index contributed by atoms with van der Waals surface area (Å²) < 4.78 is 28.4. The molecule has 1 aromatic rings. The van der Waals surface area contributed by atoms with E-state index < -0.39 is 15.4 Å². The SMILES string of the molecule is CCN(CC(=O)NC1(C)CCS(=O)(=O)C1)Cc1ccco1. The second-order valence-electron chi connectivity index (χ2n) is 5.83. The minimum atomic E-state index is -3.02. The molecule has 0 aliphatic carbocycles.